The summed E-state index contributed by atoms with van der Waals surface area (Å²) in [6.07, 6.45) is 0.825. The van der Waals surface area contributed by atoms with E-state index in [0.29, 0.717) is 10.8 Å². The van der Waals surface area contributed by atoms with Gasteiger partial charge in [-0.05, 0) is 44.9 Å². The first-order valence-electron chi connectivity index (χ1n) is 5.85. The fraction of sp³-hybridized carbons (Fsp3) is 0.500. The molecule has 0 heterocycles. The van der Waals surface area contributed by atoms with E-state index in [1.54, 1.807) is 6.92 Å². The highest BCUT2D eigenvalue weighted by Crippen LogP contribution is 2.27. The quantitative estimate of drug-likeness (QED) is 0.797. The van der Waals surface area contributed by atoms with Gasteiger partial charge in [-0.15, -0.1) is 0 Å². The summed E-state index contributed by atoms with van der Waals surface area (Å²) in [6, 6.07) is 5.70. The molecule has 0 bridgehead atoms. The molecule has 1 unspecified atom stereocenters. The van der Waals surface area contributed by atoms with Crippen molar-refractivity contribution in [3.63, 3.8) is 0 Å². The average molecular weight is 255 g/mol. The molecular weight excluding hydrogens is 236 g/mol. The Morgan fingerprint density at radius 2 is 2.00 bits per heavy atom. The van der Waals surface area contributed by atoms with Crippen LogP contribution >= 0.6 is 11.6 Å². The first kappa shape index (κ1) is 14.0. The van der Waals surface area contributed by atoms with Crippen molar-refractivity contribution >= 4 is 17.4 Å². The summed E-state index contributed by atoms with van der Waals surface area (Å²) in [6.45, 7) is 7.46. The Bertz CT molecular complexity index is 399. The van der Waals surface area contributed by atoms with Gasteiger partial charge in [-0.25, -0.2) is 0 Å². The molecule has 17 heavy (non-hydrogen) atoms. The van der Waals surface area contributed by atoms with Crippen molar-refractivity contribution in [2.45, 2.75) is 40.2 Å². The van der Waals surface area contributed by atoms with Gasteiger partial charge >= 0.3 is 0 Å². The topological polar surface area (TPSA) is 26.3 Å². The zero-order chi connectivity index (χ0) is 13.0. The van der Waals surface area contributed by atoms with Crippen molar-refractivity contribution in [1.82, 2.24) is 0 Å². The molecule has 1 aromatic carbocycles. The first-order chi connectivity index (χ1) is 7.90. The van der Waals surface area contributed by atoms with Crippen LogP contribution in [0.15, 0.2) is 18.2 Å². The second-order valence-corrected chi connectivity index (χ2v) is 5.05. The predicted octanol–water partition coefficient (Wildman–Crippen LogP) is 3.89. The predicted molar refractivity (Wildman–Crippen MR) is 70.8 cm³/mol. The smallest absolute Gasteiger partial charge is 0.138 e. The number of ketones is 1. The van der Waals surface area contributed by atoms with Crippen molar-refractivity contribution < 1.29 is 9.53 Å². The highest BCUT2D eigenvalue weighted by molar-refractivity contribution is 6.32. The van der Waals surface area contributed by atoms with Crippen LogP contribution in [0.3, 0.4) is 0 Å². The zero-order valence-electron chi connectivity index (χ0n) is 10.8. The standard InChI is InChI=1S/C14H19ClO2/c1-9(2)17-14-6-5-12(8-13(14)15)7-10(3)11(4)16/h5-6,8-10H,7H2,1-4H3. The van der Waals surface area contributed by atoms with Crippen LogP contribution in [-0.4, -0.2) is 11.9 Å². The number of hydrogen-bond acceptors (Lipinski definition) is 2. The number of halogens is 1. The van der Waals surface area contributed by atoms with Crippen LogP contribution in [0.25, 0.3) is 0 Å². The molecular formula is C14H19ClO2. The van der Waals surface area contributed by atoms with Gasteiger partial charge in [-0.2, -0.15) is 0 Å². The van der Waals surface area contributed by atoms with E-state index in [2.05, 4.69) is 0 Å². The van der Waals surface area contributed by atoms with Gasteiger partial charge in [-0.1, -0.05) is 24.6 Å². The summed E-state index contributed by atoms with van der Waals surface area (Å²) in [7, 11) is 0. The van der Waals surface area contributed by atoms with Crippen molar-refractivity contribution in [3.05, 3.63) is 28.8 Å². The first-order valence-corrected chi connectivity index (χ1v) is 6.23. The molecule has 3 heteroatoms. The number of hydrogen-bond donors (Lipinski definition) is 0. The fourth-order valence-electron chi connectivity index (χ4n) is 1.52. The summed E-state index contributed by atoms with van der Waals surface area (Å²) in [5, 5.41) is 0.604. The Morgan fingerprint density at radius 1 is 1.35 bits per heavy atom. The van der Waals surface area contributed by atoms with Crippen molar-refractivity contribution in [2.75, 3.05) is 0 Å². The zero-order valence-corrected chi connectivity index (χ0v) is 11.5. The van der Waals surface area contributed by atoms with Crippen LogP contribution in [0.2, 0.25) is 5.02 Å². The lowest BCUT2D eigenvalue weighted by molar-refractivity contribution is -0.120. The second-order valence-electron chi connectivity index (χ2n) is 4.65. The van der Waals surface area contributed by atoms with Gasteiger partial charge in [-0.3, -0.25) is 4.79 Å². The van der Waals surface area contributed by atoms with E-state index in [1.165, 1.54) is 0 Å². The van der Waals surface area contributed by atoms with Gasteiger partial charge in [0.2, 0.25) is 0 Å². The maximum Gasteiger partial charge on any atom is 0.138 e. The molecule has 0 saturated carbocycles. The van der Waals surface area contributed by atoms with Crippen LogP contribution in [0.5, 0.6) is 5.75 Å². The molecule has 0 spiro atoms. The Hall–Kier alpha value is -1.02. The van der Waals surface area contributed by atoms with Crippen molar-refractivity contribution in [3.8, 4) is 5.75 Å². The van der Waals surface area contributed by atoms with Crippen LogP contribution in [0, 0.1) is 5.92 Å². The number of ether oxygens (including phenoxy) is 1. The largest absolute Gasteiger partial charge is 0.489 e. The summed E-state index contributed by atoms with van der Waals surface area (Å²) in [5.41, 5.74) is 1.06. The molecule has 1 rings (SSSR count). The highest BCUT2D eigenvalue weighted by Gasteiger charge is 2.10. The molecule has 0 fully saturated rings. The third kappa shape index (κ3) is 4.39. The maximum atomic E-state index is 11.2. The molecule has 0 saturated heterocycles. The number of Topliss-reactive ketones (excluding diaryl/α,β-unsaturated/α-hetero) is 1. The SMILES string of the molecule is CC(=O)C(C)Cc1ccc(OC(C)C)c(Cl)c1. The molecule has 0 aromatic heterocycles. The molecule has 1 aromatic rings. The number of carbonyl (C=O) groups is 1. The van der Waals surface area contributed by atoms with E-state index >= 15 is 0 Å². The molecule has 0 amide bonds. The normalized spacial score (nSPS) is 12.6. The Kier molecular flexibility index (Phi) is 5.01. The minimum Gasteiger partial charge on any atom is -0.489 e. The van der Waals surface area contributed by atoms with Gasteiger partial charge in [0.15, 0.2) is 0 Å². The summed E-state index contributed by atoms with van der Waals surface area (Å²) in [4.78, 5) is 11.2. The Morgan fingerprint density at radius 3 is 2.47 bits per heavy atom. The summed E-state index contributed by atoms with van der Waals surface area (Å²) < 4.78 is 5.55. The second kappa shape index (κ2) is 6.06. The van der Waals surface area contributed by atoms with Crippen LogP contribution in [0.4, 0.5) is 0 Å². The molecule has 0 aliphatic rings. The lowest BCUT2D eigenvalue weighted by Crippen LogP contribution is -2.10. The van der Waals surface area contributed by atoms with Crippen LogP contribution in [-0.2, 0) is 11.2 Å². The Balaban J connectivity index is 2.78. The van der Waals surface area contributed by atoms with Gasteiger partial charge in [0.1, 0.15) is 11.5 Å². The van der Waals surface area contributed by atoms with Crippen LogP contribution < -0.4 is 4.74 Å². The fourth-order valence-corrected chi connectivity index (χ4v) is 1.77. The van der Waals surface area contributed by atoms with Gasteiger partial charge in [0, 0.05) is 5.92 Å². The molecule has 0 aliphatic heterocycles. The van der Waals surface area contributed by atoms with Gasteiger partial charge in [0.05, 0.1) is 11.1 Å². The van der Waals surface area contributed by atoms with E-state index in [-0.39, 0.29) is 17.8 Å². The number of benzene rings is 1. The summed E-state index contributed by atoms with van der Waals surface area (Å²) in [5.74, 6) is 0.924. The van der Waals surface area contributed by atoms with Crippen molar-refractivity contribution in [2.24, 2.45) is 5.92 Å². The third-order valence-electron chi connectivity index (χ3n) is 2.59. The van der Waals surface area contributed by atoms with Gasteiger partial charge in [0.25, 0.3) is 0 Å². The molecule has 0 radical (unpaired) electrons. The molecule has 1 atom stereocenters. The summed E-state index contributed by atoms with van der Waals surface area (Å²) >= 11 is 6.13. The molecule has 94 valence electrons. The lowest BCUT2D eigenvalue weighted by Gasteiger charge is -2.13. The third-order valence-corrected chi connectivity index (χ3v) is 2.89. The maximum absolute atomic E-state index is 11.2. The monoisotopic (exact) mass is 254 g/mol. The van der Waals surface area contributed by atoms with E-state index in [9.17, 15) is 4.79 Å². The minimum atomic E-state index is 0.0305. The van der Waals surface area contributed by atoms with Crippen LogP contribution in [0.1, 0.15) is 33.3 Å². The van der Waals surface area contributed by atoms with E-state index in [1.807, 2.05) is 39.0 Å². The van der Waals surface area contributed by atoms with Gasteiger partial charge < -0.3 is 4.74 Å². The molecule has 2 nitrogen and oxygen atoms in total. The number of carbonyl (C=O) groups excluding carboxylic acids is 1. The van der Waals surface area contributed by atoms with E-state index < -0.39 is 0 Å². The minimum absolute atomic E-state index is 0.0305. The average Bonchev–Trinajstić information content (AvgIpc) is 2.21. The molecule has 0 N–H and O–H groups in total. The van der Waals surface area contributed by atoms with E-state index in [4.69, 9.17) is 16.3 Å². The Labute approximate surface area is 108 Å². The van der Waals surface area contributed by atoms with E-state index in [0.717, 1.165) is 12.0 Å². The molecule has 0 aliphatic carbocycles. The highest BCUT2D eigenvalue weighted by atomic mass is 35.5. The lowest BCUT2D eigenvalue weighted by atomic mass is 9.98. The van der Waals surface area contributed by atoms with Crippen molar-refractivity contribution in [1.29, 1.82) is 0 Å². The number of rotatable bonds is 5.